The summed E-state index contributed by atoms with van der Waals surface area (Å²) >= 11 is 0. The van der Waals surface area contributed by atoms with E-state index in [0.717, 1.165) is 49.6 Å². The molecule has 1 aromatic carbocycles. The molecular formula is C22H21F5N4O2. The Kier molecular flexibility index (Phi) is 6.48. The first kappa shape index (κ1) is 22.9. The Bertz CT molecular complexity index is 1070. The largest absolute Gasteiger partial charge is 0.488 e. The number of alkyl halides is 3. The second kappa shape index (κ2) is 9.32. The van der Waals surface area contributed by atoms with Crippen molar-refractivity contribution in [2.45, 2.75) is 32.4 Å². The van der Waals surface area contributed by atoms with Crippen molar-refractivity contribution in [1.29, 1.82) is 0 Å². The summed E-state index contributed by atoms with van der Waals surface area (Å²) in [6, 6.07) is 6.18. The van der Waals surface area contributed by atoms with E-state index >= 15 is 0 Å². The summed E-state index contributed by atoms with van der Waals surface area (Å²) in [5, 5.41) is 11.5. The van der Waals surface area contributed by atoms with Crippen molar-refractivity contribution >= 4 is 5.82 Å². The lowest BCUT2D eigenvalue weighted by Crippen LogP contribution is -2.34. The van der Waals surface area contributed by atoms with Crippen molar-refractivity contribution < 1.29 is 31.2 Å². The van der Waals surface area contributed by atoms with Crippen molar-refractivity contribution in [2.75, 3.05) is 24.6 Å². The third-order valence-corrected chi connectivity index (χ3v) is 5.58. The molecule has 4 rings (SSSR count). The maximum absolute atomic E-state index is 14.4. The van der Waals surface area contributed by atoms with E-state index in [4.69, 9.17) is 4.74 Å². The number of anilines is 1. The summed E-state index contributed by atoms with van der Waals surface area (Å²) in [6.07, 6.45) is -2.35. The van der Waals surface area contributed by atoms with Gasteiger partial charge >= 0.3 is 6.18 Å². The van der Waals surface area contributed by atoms with Crippen LogP contribution in [0.5, 0.6) is 5.75 Å². The monoisotopic (exact) mass is 468 g/mol. The second-order valence-corrected chi connectivity index (χ2v) is 7.94. The quantitative estimate of drug-likeness (QED) is 0.450. The second-order valence-electron chi connectivity index (χ2n) is 7.94. The van der Waals surface area contributed by atoms with Gasteiger partial charge in [-0.1, -0.05) is 5.16 Å². The zero-order chi connectivity index (χ0) is 23.6. The summed E-state index contributed by atoms with van der Waals surface area (Å²) in [5.41, 5.74) is 0.352. The van der Waals surface area contributed by atoms with Crippen LogP contribution in [0.1, 0.15) is 30.7 Å². The van der Waals surface area contributed by atoms with Crippen molar-refractivity contribution in [1.82, 2.24) is 15.4 Å². The van der Waals surface area contributed by atoms with Gasteiger partial charge in [0, 0.05) is 24.7 Å². The van der Waals surface area contributed by atoms with Gasteiger partial charge in [-0.15, -0.1) is 5.10 Å². The summed E-state index contributed by atoms with van der Waals surface area (Å²) in [4.78, 5) is 2.15. The predicted octanol–water partition coefficient (Wildman–Crippen LogP) is 5.42. The van der Waals surface area contributed by atoms with Gasteiger partial charge in [0.2, 0.25) is 5.76 Å². The minimum atomic E-state index is -4.74. The molecule has 2 aromatic heterocycles. The van der Waals surface area contributed by atoms with Crippen LogP contribution in [-0.2, 0) is 6.18 Å². The summed E-state index contributed by atoms with van der Waals surface area (Å²) in [7, 11) is 0. The molecule has 3 aromatic rings. The van der Waals surface area contributed by atoms with Crippen LogP contribution in [0.2, 0.25) is 0 Å². The number of benzene rings is 1. The molecule has 3 heterocycles. The highest BCUT2D eigenvalue weighted by Crippen LogP contribution is 2.34. The molecule has 0 saturated carbocycles. The number of hydrogen-bond acceptors (Lipinski definition) is 6. The van der Waals surface area contributed by atoms with E-state index in [-0.39, 0.29) is 17.9 Å². The highest BCUT2D eigenvalue weighted by atomic mass is 19.4. The lowest BCUT2D eigenvalue weighted by Gasteiger charge is -2.32. The van der Waals surface area contributed by atoms with E-state index < -0.39 is 29.3 Å². The molecule has 1 fully saturated rings. The van der Waals surface area contributed by atoms with Gasteiger partial charge in [0.1, 0.15) is 5.69 Å². The highest BCUT2D eigenvalue weighted by molar-refractivity contribution is 5.60. The van der Waals surface area contributed by atoms with E-state index in [1.807, 2.05) is 19.1 Å². The Morgan fingerprint density at radius 3 is 2.33 bits per heavy atom. The SMILES string of the molecule is Cc1ccc(N2CCC(CCOc3c(F)cc(-c4cc(C(F)(F)F)on4)cc3F)CC2)nn1. The lowest BCUT2D eigenvalue weighted by atomic mass is 9.94. The molecular weight excluding hydrogens is 447 g/mol. The van der Waals surface area contributed by atoms with Crippen LogP contribution in [0.3, 0.4) is 0 Å². The van der Waals surface area contributed by atoms with Gasteiger partial charge in [0.25, 0.3) is 0 Å². The Hall–Kier alpha value is -3.24. The molecule has 176 valence electrons. The predicted molar refractivity (Wildman–Crippen MR) is 109 cm³/mol. The zero-order valence-electron chi connectivity index (χ0n) is 17.7. The number of ether oxygens (including phenoxy) is 1. The molecule has 0 atom stereocenters. The molecule has 11 heteroatoms. The molecule has 0 amide bonds. The first-order chi connectivity index (χ1) is 15.7. The van der Waals surface area contributed by atoms with Crippen LogP contribution in [0.15, 0.2) is 34.9 Å². The van der Waals surface area contributed by atoms with Gasteiger partial charge in [-0.25, -0.2) is 8.78 Å². The fourth-order valence-corrected chi connectivity index (χ4v) is 3.73. The number of rotatable bonds is 6. The zero-order valence-corrected chi connectivity index (χ0v) is 17.7. The van der Waals surface area contributed by atoms with Crippen molar-refractivity contribution in [2.24, 2.45) is 5.92 Å². The number of aryl methyl sites for hydroxylation is 1. The van der Waals surface area contributed by atoms with Crippen LogP contribution in [0.25, 0.3) is 11.3 Å². The van der Waals surface area contributed by atoms with Gasteiger partial charge < -0.3 is 14.2 Å². The molecule has 0 spiro atoms. The van der Waals surface area contributed by atoms with E-state index in [0.29, 0.717) is 18.4 Å². The maximum atomic E-state index is 14.4. The van der Waals surface area contributed by atoms with Gasteiger partial charge in [-0.3, -0.25) is 0 Å². The minimum Gasteiger partial charge on any atom is -0.488 e. The van der Waals surface area contributed by atoms with Crippen LogP contribution in [0, 0.1) is 24.5 Å². The summed E-state index contributed by atoms with van der Waals surface area (Å²) < 4.78 is 76.3. The average molecular weight is 468 g/mol. The smallest absolute Gasteiger partial charge is 0.452 e. The average Bonchev–Trinajstić information content (AvgIpc) is 3.28. The van der Waals surface area contributed by atoms with Crippen LogP contribution in [0.4, 0.5) is 27.8 Å². The number of nitrogens with zero attached hydrogens (tertiary/aromatic N) is 4. The van der Waals surface area contributed by atoms with Gasteiger partial charge in [0.15, 0.2) is 23.2 Å². The normalized spacial score (nSPS) is 15.2. The van der Waals surface area contributed by atoms with E-state index in [2.05, 4.69) is 24.8 Å². The van der Waals surface area contributed by atoms with E-state index in [1.165, 1.54) is 0 Å². The molecule has 0 N–H and O–H groups in total. The Morgan fingerprint density at radius 1 is 1.06 bits per heavy atom. The highest BCUT2D eigenvalue weighted by Gasteiger charge is 2.36. The lowest BCUT2D eigenvalue weighted by molar-refractivity contribution is -0.155. The van der Waals surface area contributed by atoms with Gasteiger partial charge in [-0.05, 0) is 56.4 Å². The van der Waals surface area contributed by atoms with Crippen LogP contribution < -0.4 is 9.64 Å². The number of hydrogen-bond donors (Lipinski definition) is 0. The summed E-state index contributed by atoms with van der Waals surface area (Å²) in [5.74, 6) is -2.79. The Labute approximate surface area is 186 Å². The third-order valence-electron chi connectivity index (χ3n) is 5.58. The van der Waals surface area contributed by atoms with Crippen molar-refractivity contribution in [3.8, 4) is 17.0 Å². The molecule has 33 heavy (non-hydrogen) atoms. The van der Waals surface area contributed by atoms with E-state index in [9.17, 15) is 22.0 Å². The molecule has 0 bridgehead atoms. The van der Waals surface area contributed by atoms with Gasteiger partial charge in [0.05, 0.1) is 12.3 Å². The Balaban J connectivity index is 1.31. The molecule has 1 saturated heterocycles. The van der Waals surface area contributed by atoms with Crippen molar-refractivity contribution in [3.63, 3.8) is 0 Å². The fourth-order valence-electron chi connectivity index (χ4n) is 3.73. The first-order valence-corrected chi connectivity index (χ1v) is 10.4. The molecule has 1 aliphatic rings. The molecule has 0 radical (unpaired) electrons. The van der Waals surface area contributed by atoms with E-state index in [1.54, 1.807) is 0 Å². The molecule has 1 aliphatic heterocycles. The van der Waals surface area contributed by atoms with Crippen molar-refractivity contribution in [3.05, 3.63) is 53.4 Å². The third kappa shape index (κ3) is 5.40. The topological polar surface area (TPSA) is 64.3 Å². The van der Waals surface area contributed by atoms with Crippen LogP contribution >= 0.6 is 0 Å². The van der Waals surface area contributed by atoms with Crippen LogP contribution in [-0.4, -0.2) is 35.1 Å². The summed E-state index contributed by atoms with van der Waals surface area (Å²) in [6.45, 7) is 3.60. The van der Waals surface area contributed by atoms with Gasteiger partial charge in [-0.2, -0.15) is 18.3 Å². The minimum absolute atomic E-state index is 0.115. The number of halogens is 5. The molecule has 0 unspecified atom stereocenters. The molecule has 0 aliphatic carbocycles. The molecule has 6 nitrogen and oxygen atoms in total. The number of aromatic nitrogens is 3. The first-order valence-electron chi connectivity index (χ1n) is 10.4. The Morgan fingerprint density at radius 2 is 1.76 bits per heavy atom. The standard InChI is InChI=1S/C22H21F5N4O2/c1-13-2-3-20(29-28-13)31-7-4-14(5-8-31)6-9-32-21-16(23)10-15(11-17(21)24)18-12-19(33-30-18)22(25,26)27/h2-3,10-12,14H,4-9H2,1H3. The maximum Gasteiger partial charge on any atom is 0.452 e. The number of piperidine rings is 1. The fraction of sp³-hybridized carbons (Fsp3) is 0.409.